The summed E-state index contributed by atoms with van der Waals surface area (Å²) in [7, 11) is 0. The van der Waals surface area contributed by atoms with Crippen molar-refractivity contribution in [1.29, 1.82) is 0 Å². The Morgan fingerprint density at radius 2 is 2.20 bits per heavy atom. The maximum absolute atomic E-state index is 11.3. The molecule has 0 amide bonds. The Balaban J connectivity index is 2.28. The van der Waals surface area contributed by atoms with Crippen molar-refractivity contribution in [2.75, 3.05) is 6.54 Å². The highest BCUT2D eigenvalue weighted by molar-refractivity contribution is 5.41. The van der Waals surface area contributed by atoms with E-state index in [1.54, 1.807) is 6.92 Å². The zero-order valence-corrected chi connectivity index (χ0v) is 12.6. The van der Waals surface area contributed by atoms with Gasteiger partial charge in [-0.2, -0.15) is 5.10 Å². The largest absolute Gasteiger partial charge is 0.314 e. The normalized spacial score (nSPS) is 16.4. The van der Waals surface area contributed by atoms with Crippen LogP contribution in [0.15, 0.2) is 0 Å². The zero-order chi connectivity index (χ0) is 14.7. The minimum absolute atomic E-state index is 0.210. The van der Waals surface area contributed by atoms with Gasteiger partial charge >= 0.3 is 5.69 Å². The first-order chi connectivity index (χ1) is 9.58. The zero-order valence-electron chi connectivity index (χ0n) is 12.6. The molecule has 6 heteroatoms. The number of likely N-dealkylation sites (N-methyl/N-ethyl adjacent to an activating group) is 1. The van der Waals surface area contributed by atoms with Gasteiger partial charge in [-0.25, -0.2) is 0 Å². The fourth-order valence-electron chi connectivity index (χ4n) is 2.83. The van der Waals surface area contributed by atoms with Gasteiger partial charge in [-0.05, 0) is 38.6 Å². The molecular weight excluding hydrogens is 256 g/mol. The van der Waals surface area contributed by atoms with Gasteiger partial charge in [0.1, 0.15) is 11.4 Å². The monoisotopic (exact) mass is 280 g/mol. The van der Waals surface area contributed by atoms with Gasteiger partial charge < -0.3 is 5.32 Å². The van der Waals surface area contributed by atoms with Crippen molar-refractivity contribution in [2.24, 2.45) is 5.92 Å². The molecule has 1 aliphatic rings. The molecule has 0 aromatic carbocycles. The molecule has 0 aliphatic heterocycles. The first-order valence-electron chi connectivity index (χ1n) is 7.52. The molecular formula is C14H24N4O2. The van der Waals surface area contributed by atoms with E-state index in [-0.39, 0.29) is 10.6 Å². The first-order valence-corrected chi connectivity index (χ1v) is 7.52. The summed E-state index contributed by atoms with van der Waals surface area (Å²) in [5, 5.41) is 19.2. The maximum Gasteiger partial charge on any atom is 0.313 e. The highest BCUT2D eigenvalue weighted by Crippen LogP contribution is 2.35. The number of hydrogen-bond acceptors (Lipinski definition) is 4. The summed E-state index contributed by atoms with van der Waals surface area (Å²) < 4.78 is 1.83. The van der Waals surface area contributed by atoms with Crippen LogP contribution >= 0.6 is 0 Å². The lowest BCUT2D eigenvalue weighted by atomic mass is 10.0. The summed E-state index contributed by atoms with van der Waals surface area (Å²) >= 11 is 0. The molecule has 112 valence electrons. The van der Waals surface area contributed by atoms with Crippen LogP contribution in [-0.2, 0) is 13.0 Å². The van der Waals surface area contributed by atoms with Gasteiger partial charge in [0.05, 0.1) is 4.92 Å². The van der Waals surface area contributed by atoms with E-state index in [2.05, 4.69) is 24.3 Å². The molecule has 20 heavy (non-hydrogen) atoms. The fraction of sp³-hybridized carbons (Fsp3) is 0.786. The van der Waals surface area contributed by atoms with Gasteiger partial charge in [-0.15, -0.1) is 0 Å². The maximum atomic E-state index is 11.3. The Bertz CT molecular complexity index is 480. The summed E-state index contributed by atoms with van der Waals surface area (Å²) in [6, 6.07) is 0.338. The summed E-state index contributed by atoms with van der Waals surface area (Å²) in [4.78, 5) is 11.0. The Hall–Kier alpha value is -1.43. The van der Waals surface area contributed by atoms with E-state index in [4.69, 9.17) is 0 Å². The Morgan fingerprint density at radius 3 is 2.70 bits per heavy atom. The SMILES string of the molecule is CCCn1nc(C)c([N+](=O)[O-])c1CC(NCC)C1CC1. The number of aromatic nitrogens is 2. The highest BCUT2D eigenvalue weighted by atomic mass is 16.6. The average Bonchev–Trinajstić information content (AvgIpc) is 3.16. The molecule has 1 aromatic rings. The smallest absolute Gasteiger partial charge is 0.313 e. The summed E-state index contributed by atoms with van der Waals surface area (Å²) in [6.07, 6.45) is 4.09. The van der Waals surface area contributed by atoms with Gasteiger partial charge in [0, 0.05) is 19.0 Å². The molecule has 6 nitrogen and oxygen atoms in total. The molecule has 1 fully saturated rings. The summed E-state index contributed by atoms with van der Waals surface area (Å²) in [6.45, 7) is 7.52. The number of rotatable bonds is 8. The van der Waals surface area contributed by atoms with Crippen LogP contribution in [-0.4, -0.2) is 27.3 Å². The lowest BCUT2D eigenvalue weighted by Gasteiger charge is -2.17. The Labute approximate surface area is 119 Å². The third kappa shape index (κ3) is 3.17. The van der Waals surface area contributed by atoms with Crippen molar-refractivity contribution in [3.8, 4) is 0 Å². The van der Waals surface area contributed by atoms with Gasteiger partial charge in [-0.1, -0.05) is 13.8 Å². The Morgan fingerprint density at radius 1 is 1.50 bits per heavy atom. The topological polar surface area (TPSA) is 73.0 Å². The van der Waals surface area contributed by atoms with Crippen LogP contribution in [0.2, 0.25) is 0 Å². The van der Waals surface area contributed by atoms with Gasteiger partial charge in [0.15, 0.2) is 0 Å². The third-order valence-electron chi connectivity index (χ3n) is 3.89. The fourth-order valence-corrected chi connectivity index (χ4v) is 2.83. The van der Waals surface area contributed by atoms with Crippen LogP contribution in [0.4, 0.5) is 5.69 Å². The van der Waals surface area contributed by atoms with Crippen LogP contribution in [0.5, 0.6) is 0 Å². The van der Waals surface area contributed by atoms with Gasteiger partial charge in [0.25, 0.3) is 0 Å². The van der Waals surface area contributed by atoms with Crippen molar-refractivity contribution >= 4 is 5.69 Å². The van der Waals surface area contributed by atoms with E-state index < -0.39 is 0 Å². The molecule has 1 unspecified atom stereocenters. The van der Waals surface area contributed by atoms with Crippen LogP contribution in [0.25, 0.3) is 0 Å². The van der Waals surface area contributed by atoms with Crippen LogP contribution in [0, 0.1) is 23.0 Å². The predicted octanol–water partition coefficient (Wildman–Crippen LogP) is 2.44. The van der Waals surface area contributed by atoms with Crippen molar-refractivity contribution in [2.45, 2.75) is 59.0 Å². The lowest BCUT2D eigenvalue weighted by molar-refractivity contribution is -0.386. The van der Waals surface area contributed by atoms with E-state index >= 15 is 0 Å². The van der Waals surface area contributed by atoms with Crippen molar-refractivity contribution in [1.82, 2.24) is 15.1 Å². The molecule has 1 heterocycles. The second-order valence-electron chi connectivity index (χ2n) is 5.57. The number of aryl methyl sites for hydroxylation is 2. The van der Waals surface area contributed by atoms with E-state index in [1.165, 1.54) is 12.8 Å². The van der Waals surface area contributed by atoms with E-state index in [1.807, 2.05) is 4.68 Å². The molecule has 2 rings (SSSR count). The molecule has 0 saturated heterocycles. The number of nitrogens with one attached hydrogen (secondary N) is 1. The second-order valence-corrected chi connectivity index (χ2v) is 5.57. The number of nitrogens with zero attached hydrogens (tertiary/aromatic N) is 3. The molecule has 1 aliphatic carbocycles. The highest BCUT2D eigenvalue weighted by Gasteiger charge is 2.34. The van der Waals surface area contributed by atoms with Crippen molar-refractivity contribution in [3.63, 3.8) is 0 Å². The molecule has 0 bridgehead atoms. The summed E-state index contributed by atoms with van der Waals surface area (Å²) in [5.41, 5.74) is 1.53. The molecule has 1 aromatic heterocycles. The Kier molecular flexibility index (Phi) is 4.75. The second kappa shape index (κ2) is 6.35. The van der Waals surface area contributed by atoms with Crippen LogP contribution in [0.3, 0.4) is 0 Å². The average molecular weight is 280 g/mol. The quantitative estimate of drug-likeness (QED) is 0.586. The standard InChI is InChI=1S/C14H24N4O2/c1-4-8-17-13(14(18(19)20)10(3)16-17)9-12(15-5-2)11-6-7-11/h11-12,15H,4-9H2,1-3H3. The van der Waals surface area contributed by atoms with Gasteiger partial charge in [0.2, 0.25) is 0 Å². The molecule has 1 saturated carbocycles. The third-order valence-corrected chi connectivity index (χ3v) is 3.89. The minimum Gasteiger partial charge on any atom is -0.314 e. The van der Waals surface area contributed by atoms with E-state index in [0.29, 0.717) is 24.1 Å². The van der Waals surface area contributed by atoms with Crippen molar-refractivity contribution in [3.05, 3.63) is 21.5 Å². The number of hydrogen-bond donors (Lipinski definition) is 1. The van der Waals surface area contributed by atoms with E-state index in [0.717, 1.165) is 25.2 Å². The van der Waals surface area contributed by atoms with E-state index in [9.17, 15) is 10.1 Å². The number of nitro groups is 1. The van der Waals surface area contributed by atoms with Crippen LogP contribution in [0.1, 0.15) is 44.5 Å². The minimum atomic E-state index is -0.278. The first kappa shape index (κ1) is 15.0. The predicted molar refractivity (Wildman–Crippen MR) is 77.8 cm³/mol. The lowest BCUT2D eigenvalue weighted by Crippen LogP contribution is -2.34. The molecule has 1 N–H and O–H groups in total. The van der Waals surface area contributed by atoms with Gasteiger partial charge in [-0.3, -0.25) is 14.8 Å². The molecule has 1 atom stereocenters. The van der Waals surface area contributed by atoms with Crippen molar-refractivity contribution < 1.29 is 4.92 Å². The molecule has 0 spiro atoms. The summed E-state index contributed by atoms with van der Waals surface area (Å²) in [5.74, 6) is 0.667. The van der Waals surface area contributed by atoms with Crippen LogP contribution < -0.4 is 5.32 Å². The molecule has 0 radical (unpaired) electrons.